The van der Waals surface area contributed by atoms with Crippen molar-refractivity contribution in [2.24, 2.45) is 5.92 Å². The topological polar surface area (TPSA) is 108 Å². The molecule has 2 aromatic rings. The van der Waals surface area contributed by atoms with Crippen LogP contribution in [0, 0.1) is 36.8 Å². The van der Waals surface area contributed by atoms with Gasteiger partial charge < -0.3 is 5.32 Å². The molecule has 0 saturated heterocycles. The van der Waals surface area contributed by atoms with Crippen molar-refractivity contribution in [1.82, 2.24) is 24.9 Å². The number of hydrogen-bond donors (Lipinski definition) is 1. The fourth-order valence-corrected chi connectivity index (χ4v) is 2.72. The highest BCUT2D eigenvalue weighted by Gasteiger charge is 2.24. The van der Waals surface area contributed by atoms with Crippen LogP contribution in [0.25, 0.3) is 0 Å². The number of aryl methyl sites for hydroxylation is 3. The van der Waals surface area contributed by atoms with Gasteiger partial charge in [0.25, 0.3) is 0 Å². The normalized spacial score (nSPS) is 12.2. The maximum atomic E-state index is 12.3. The number of rotatable bonds is 7. The van der Waals surface area contributed by atoms with Crippen molar-refractivity contribution >= 4 is 11.6 Å². The minimum Gasteiger partial charge on any atom is -0.352 e. The summed E-state index contributed by atoms with van der Waals surface area (Å²) in [6, 6.07) is 0. The van der Waals surface area contributed by atoms with Gasteiger partial charge in [0, 0.05) is 24.8 Å². The summed E-state index contributed by atoms with van der Waals surface area (Å²) in [4.78, 5) is 23.0. The Labute approximate surface area is 146 Å². The van der Waals surface area contributed by atoms with Crippen LogP contribution in [-0.4, -0.2) is 30.4 Å². The number of carbonyl (C=O) groups is 1. The summed E-state index contributed by atoms with van der Waals surface area (Å²) in [5.41, 5.74) is 2.70. The minimum atomic E-state index is -0.437. The molecule has 0 fully saturated rings. The molecule has 136 valence electrons. The van der Waals surface area contributed by atoms with Gasteiger partial charge in [0.05, 0.1) is 23.1 Å². The summed E-state index contributed by atoms with van der Waals surface area (Å²) >= 11 is 0. The fourth-order valence-electron chi connectivity index (χ4n) is 2.72. The van der Waals surface area contributed by atoms with Crippen molar-refractivity contribution in [3.8, 4) is 0 Å². The van der Waals surface area contributed by atoms with E-state index in [0.29, 0.717) is 24.5 Å². The monoisotopic (exact) mass is 348 g/mol. The third-order valence-corrected chi connectivity index (χ3v) is 4.25. The average Bonchev–Trinajstić information content (AvgIpc) is 3.04. The van der Waals surface area contributed by atoms with Gasteiger partial charge in [-0.2, -0.15) is 10.2 Å². The average molecular weight is 348 g/mol. The molecule has 2 aromatic heterocycles. The van der Waals surface area contributed by atoms with Crippen LogP contribution in [0.15, 0.2) is 6.20 Å². The Morgan fingerprint density at radius 1 is 1.32 bits per heavy atom. The number of hydrogen-bond acceptors (Lipinski definition) is 5. The number of amides is 1. The van der Waals surface area contributed by atoms with Gasteiger partial charge >= 0.3 is 5.69 Å². The largest absolute Gasteiger partial charge is 0.352 e. The van der Waals surface area contributed by atoms with E-state index in [1.165, 1.54) is 4.68 Å². The zero-order valence-corrected chi connectivity index (χ0v) is 15.2. The van der Waals surface area contributed by atoms with E-state index in [1.807, 2.05) is 24.7 Å². The Bertz CT molecular complexity index is 792. The summed E-state index contributed by atoms with van der Waals surface area (Å²) in [7, 11) is 0. The van der Waals surface area contributed by atoms with Gasteiger partial charge in [-0.1, -0.05) is 6.92 Å². The molecule has 25 heavy (non-hydrogen) atoms. The second kappa shape index (κ2) is 7.45. The van der Waals surface area contributed by atoms with Gasteiger partial charge in [-0.25, -0.2) is 0 Å². The first-order valence-corrected chi connectivity index (χ1v) is 8.23. The molecule has 9 nitrogen and oxygen atoms in total. The Morgan fingerprint density at radius 2 is 2.00 bits per heavy atom. The molecule has 0 aromatic carbocycles. The molecule has 1 unspecified atom stereocenters. The van der Waals surface area contributed by atoms with Crippen LogP contribution >= 0.6 is 0 Å². The van der Waals surface area contributed by atoms with Gasteiger partial charge in [-0.3, -0.25) is 24.3 Å². The lowest BCUT2D eigenvalue weighted by atomic mass is 10.1. The van der Waals surface area contributed by atoms with E-state index in [9.17, 15) is 14.9 Å². The minimum absolute atomic E-state index is 0.00946. The molecule has 1 amide bonds. The summed E-state index contributed by atoms with van der Waals surface area (Å²) in [5, 5.41) is 22.5. The van der Waals surface area contributed by atoms with Gasteiger partial charge in [0.2, 0.25) is 5.91 Å². The van der Waals surface area contributed by atoms with Crippen molar-refractivity contribution in [2.45, 2.75) is 54.3 Å². The van der Waals surface area contributed by atoms with Crippen LogP contribution < -0.4 is 5.32 Å². The van der Waals surface area contributed by atoms with Crippen LogP contribution in [0.3, 0.4) is 0 Å². The molecule has 1 N–H and O–H groups in total. The molecular formula is C16H24N6O3. The van der Waals surface area contributed by atoms with E-state index in [-0.39, 0.29) is 17.5 Å². The fraction of sp³-hybridized carbons (Fsp3) is 0.562. The summed E-state index contributed by atoms with van der Waals surface area (Å²) in [6.07, 6.45) is 1.92. The van der Waals surface area contributed by atoms with Gasteiger partial charge in [0.1, 0.15) is 11.4 Å². The van der Waals surface area contributed by atoms with Crippen molar-refractivity contribution < 1.29 is 9.72 Å². The maximum Gasteiger partial charge on any atom is 0.312 e. The highest BCUT2D eigenvalue weighted by atomic mass is 16.6. The maximum absolute atomic E-state index is 12.3. The molecule has 9 heteroatoms. The molecule has 0 aliphatic carbocycles. The first kappa shape index (κ1) is 18.6. The highest BCUT2D eigenvalue weighted by molar-refractivity contribution is 5.78. The second-order valence-corrected chi connectivity index (χ2v) is 6.17. The predicted octanol–water partition coefficient (Wildman–Crippen LogP) is 1.89. The Morgan fingerprint density at radius 3 is 2.52 bits per heavy atom. The van der Waals surface area contributed by atoms with E-state index in [1.54, 1.807) is 20.8 Å². The smallest absolute Gasteiger partial charge is 0.312 e. The van der Waals surface area contributed by atoms with Crippen LogP contribution in [0.1, 0.15) is 36.5 Å². The molecule has 1 atom stereocenters. The quantitative estimate of drug-likeness (QED) is 0.607. The van der Waals surface area contributed by atoms with Crippen LogP contribution in [-0.2, 0) is 24.4 Å². The molecule has 0 saturated carbocycles. The molecule has 0 spiro atoms. The number of nitrogens with one attached hydrogen (secondary N) is 1. The first-order chi connectivity index (χ1) is 11.7. The van der Waals surface area contributed by atoms with Crippen LogP contribution in [0.5, 0.6) is 0 Å². The molecule has 0 aliphatic heterocycles. The van der Waals surface area contributed by atoms with E-state index < -0.39 is 4.92 Å². The van der Waals surface area contributed by atoms with E-state index in [0.717, 1.165) is 17.8 Å². The summed E-state index contributed by atoms with van der Waals surface area (Å²) in [5.74, 6) is -0.488. The van der Waals surface area contributed by atoms with Crippen LogP contribution in [0.4, 0.5) is 5.69 Å². The van der Waals surface area contributed by atoms with Crippen molar-refractivity contribution in [2.75, 3.05) is 0 Å². The molecule has 2 rings (SSSR count). The summed E-state index contributed by atoms with van der Waals surface area (Å²) < 4.78 is 3.35. The third-order valence-electron chi connectivity index (χ3n) is 4.25. The lowest BCUT2D eigenvalue weighted by Gasteiger charge is -2.13. The highest BCUT2D eigenvalue weighted by Crippen LogP contribution is 2.22. The molecular weight excluding hydrogens is 324 g/mol. The van der Waals surface area contributed by atoms with Gasteiger partial charge in [0.15, 0.2) is 0 Å². The Balaban J connectivity index is 2.00. The van der Waals surface area contributed by atoms with Crippen LogP contribution in [0.2, 0.25) is 0 Å². The van der Waals surface area contributed by atoms with E-state index in [2.05, 4.69) is 15.5 Å². The van der Waals surface area contributed by atoms with E-state index in [4.69, 9.17) is 0 Å². The zero-order valence-electron chi connectivity index (χ0n) is 15.2. The Hall–Kier alpha value is -2.71. The standard InChI is InChI=1S/C16H24N6O3/c1-6-20-9-14(11(3)18-20)7-17-16(23)10(2)8-21-13(5)15(22(24)25)12(4)19-21/h9-10H,6-8H2,1-5H3,(H,17,23). The molecule has 0 radical (unpaired) electrons. The molecule has 2 heterocycles. The molecule has 0 aliphatic rings. The zero-order chi connectivity index (χ0) is 18.7. The number of nitrogens with zero attached hydrogens (tertiary/aromatic N) is 5. The second-order valence-electron chi connectivity index (χ2n) is 6.17. The van der Waals surface area contributed by atoms with Gasteiger partial charge in [-0.05, 0) is 27.7 Å². The number of nitro groups is 1. The number of carbonyl (C=O) groups excluding carboxylic acids is 1. The predicted molar refractivity (Wildman–Crippen MR) is 92.0 cm³/mol. The van der Waals surface area contributed by atoms with E-state index >= 15 is 0 Å². The lowest BCUT2D eigenvalue weighted by Crippen LogP contribution is -2.31. The Kier molecular flexibility index (Phi) is 5.55. The SMILES string of the molecule is CCn1cc(CNC(=O)C(C)Cn2nc(C)c([N+](=O)[O-])c2C)c(C)n1. The number of aromatic nitrogens is 4. The molecule has 0 bridgehead atoms. The summed E-state index contributed by atoms with van der Waals surface area (Å²) in [6.45, 7) is 10.4. The van der Waals surface area contributed by atoms with Crippen molar-refractivity contribution in [3.05, 3.63) is 39.0 Å². The third kappa shape index (κ3) is 4.04. The van der Waals surface area contributed by atoms with Crippen molar-refractivity contribution in [1.29, 1.82) is 0 Å². The van der Waals surface area contributed by atoms with Gasteiger partial charge in [-0.15, -0.1) is 0 Å². The van der Waals surface area contributed by atoms with Crippen molar-refractivity contribution in [3.63, 3.8) is 0 Å². The first-order valence-electron chi connectivity index (χ1n) is 8.23. The lowest BCUT2D eigenvalue weighted by molar-refractivity contribution is -0.386.